The van der Waals surface area contributed by atoms with Crippen molar-refractivity contribution >= 4 is 11.4 Å². The van der Waals surface area contributed by atoms with Crippen LogP contribution < -0.4 is 10.2 Å². The first-order valence-electron chi connectivity index (χ1n) is 7.23. The number of aryl methyl sites for hydroxylation is 1. The van der Waals surface area contributed by atoms with Crippen LogP contribution in [0.2, 0.25) is 0 Å². The monoisotopic (exact) mass is 277 g/mol. The van der Waals surface area contributed by atoms with Gasteiger partial charge >= 0.3 is 0 Å². The number of nitro benzene ring substituents is 1. The molecule has 0 aliphatic carbocycles. The molecule has 0 amide bonds. The van der Waals surface area contributed by atoms with Crippen LogP contribution in [-0.4, -0.2) is 30.1 Å². The minimum Gasteiger partial charge on any atom is -0.371 e. The molecule has 0 unspecified atom stereocenters. The molecule has 1 aliphatic rings. The zero-order valence-electron chi connectivity index (χ0n) is 12.4. The van der Waals surface area contributed by atoms with Crippen molar-refractivity contribution in [1.29, 1.82) is 0 Å². The lowest BCUT2D eigenvalue weighted by atomic mass is 10.0. The molecule has 1 aromatic carbocycles. The minimum atomic E-state index is -0.338. The number of rotatable bonds is 4. The number of non-ortho nitro benzene ring substituents is 1. The van der Waals surface area contributed by atoms with Crippen LogP contribution in [0.1, 0.15) is 32.3 Å². The van der Waals surface area contributed by atoms with Gasteiger partial charge in [0.1, 0.15) is 0 Å². The van der Waals surface area contributed by atoms with E-state index >= 15 is 0 Å². The van der Waals surface area contributed by atoms with Gasteiger partial charge in [-0.1, -0.05) is 13.8 Å². The molecule has 110 valence electrons. The van der Waals surface area contributed by atoms with Gasteiger partial charge in [-0.2, -0.15) is 0 Å². The molecular weight excluding hydrogens is 254 g/mol. The van der Waals surface area contributed by atoms with E-state index in [4.69, 9.17) is 0 Å². The van der Waals surface area contributed by atoms with E-state index in [2.05, 4.69) is 24.1 Å². The standard InChI is InChI=1S/C15H23N3O2/c1-11(2)16-13-6-8-17(9-7-13)15-5-4-14(18(19)20)10-12(15)3/h4-5,10-11,13,16H,6-9H2,1-3H3. The average molecular weight is 277 g/mol. The van der Waals surface area contributed by atoms with E-state index in [9.17, 15) is 10.1 Å². The Bertz CT molecular complexity index is 480. The largest absolute Gasteiger partial charge is 0.371 e. The van der Waals surface area contributed by atoms with Crippen LogP contribution in [0.25, 0.3) is 0 Å². The highest BCUT2D eigenvalue weighted by Gasteiger charge is 2.21. The molecule has 5 heteroatoms. The lowest BCUT2D eigenvalue weighted by molar-refractivity contribution is -0.384. The molecule has 1 heterocycles. The second-order valence-electron chi connectivity index (χ2n) is 5.81. The first kappa shape index (κ1) is 14.8. The molecule has 1 fully saturated rings. The smallest absolute Gasteiger partial charge is 0.269 e. The summed E-state index contributed by atoms with van der Waals surface area (Å²) in [7, 11) is 0. The zero-order chi connectivity index (χ0) is 14.7. The highest BCUT2D eigenvalue weighted by Crippen LogP contribution is 2.27. The molecule has 1 N–H and O–H groups in total. The van der Waals surface area contributed by atoms with Crippen molar-refractivity contribution in [2.24, 2.45) is 0 Å². The molecule has 5 nitrogen and oxygen atoms in total. The maximum absolute atomic E-state index is 10.8. The molecular formula is C15H23N3O2. The predicted octanol–water partition coefficient (Wildman–Crippen LogP) is 2.87. The summed E-state index contributed by atoms with van der Waals surface area (Å²) in [5.41, 5.74) is 2.27. The fourth-order valence-corrected chi connectivity index (χ4v) is 2.87. The maximum Gasteiger partial charge on any atom is 0.269 e. The highest BCUT2D eigenvalue weighted by atomic mass is 16.6. The van der Waals surface area contributed by atoms with Crippen LogP contribution >= 0.6 is 0 Å². The Hall–Kier alpha value is -1.62. The lowest BCUT2D eigenvalue weighted by Gasteiger charge is -2.35. The topological polar surface area (TPSA) is 58.4 Å². The normalized spacial score (nSPS) is 16.7. The van der Waals surface area contributed by atoms with Crippen LogP contribution in [0.15, 0.2) is 18.2 Å². The van der Waals surface area contributed by atoms with Gasteiger partial charge in [0.2, 0.25) is 0 Å². The van der Waals surface area contributed by atoms with Gasteiger partial charge in [-0.05, 0) is 31.4 Å². The van der Waals surface area contributed by atoms with Gasteiger partial charge in [0, 0.05) is 43.0 Å². The van der Waals surface area contributed by atoms with E-state index in [0.29, 0.717) is 12.1 Å². The molecule has 0 spiro atoms. The van der Waals surface area contributed by atoms with Crippen LogP contribution in [0.5, 0.6) is 0 Å². The Kier molecular flexibility index (Phi) is 4.60. The van der Waals surface area contributed by atoms with Gasteiger partial charge in [0.15, 0.2) is 0 Å². The van der Waals surface area contributed by atoms with E-state index in [1.54, 1.807) is 12.1 Å². The third-order valence-electron chi connectivity index (χ3n) is 3.80. The summed E-state index contributed by atoms with van der Waals surface area (Å²) in [5, 5.41) is 14.3. The maximum atomic E-state index is 10.8. The van der Waals surface area contributed by atoms with E-state index in [-0.39, 0.29) is 10.6 Å². The first-order chi connectivity index (χ1) is 9.47. The van der Waals surface area contributed by atoms with Crippen molar-refractivity contribution in [2.45, 2.75) is 45.7 Å². The number of anilines is 1. The molecule has 1 saturated heterocycles. The van der Waals surface area contributed by atoms with Crippen LogP contribution in [0.4, 0.5) is 11.4 Å². The van der Waals surface area contributed by atoms with E-state index < -0.39 is 0 Å². The molecule has 1 aromatic rings. The fourth-order valence-electron chi connectivity index (χ4n) is 2.87. The summed E-state index contributed by atoms with van der Waals surface area (Å²) in [5.74, 6) is 0. The molecule has 0 aromatic heterocycles. The third-order valence-corrected chi connectivity index (χ3v) is 3.80. The first-order valence-corrected chi connectivity index (χ1v) is 7.23. The summed E-state index contributed by atoms with van der Waals surface area (Å²) in [4.78, 5) is 12.8. The van der Waals surface area contributed by atoms with Crippen LogP contribution in [0, 0.1) is 17.0 Å². The summed E-state index contributed by atoms with van der Waals surface area (Å²) in [6, 6.07) is 6.25. The third kappa shape index (κ3) is 3.48. The average Bonchev–Trinajstić information content (AvgIpc) is 2.39. The summed E-state index contributed by atoms with van der Waals surface area (Å²) < 4.78 is 0. The van der Waals surface area contributed by atoms with Crippen molar-refractivity contribution in [2.75, 3.05) is 18.0 Å². The molecule has 0 atom stereocenters. The summed E-state index contributed by atoms with van der Waals surface area (Å²) in [6.07, 6.45) is 2.24. The van der Waals surface area contributed by atoms with Gasteiger partial charge in [-0.15, -0.1) is 0 Å². The lowest BCUT2D eigenvalue weighted by Crippen LogP contribution is -2.44. The quantitative estimate of drug-likeness (QED) is 0.679. The van der Waals surface area contributed by atoms with Gasteiger partial charge in [0.05, 0.1) is 4.92 Å². The van der Waals surface area contributed by atoms with E-state index in [0.717, 1.165) is 37.2 Å². The van der Waals surface area contributed by atoms with Crippen molar-refractivity contribution in [3.05, 3.63) is 33.9 Å². The number of hydrogen-bond acceptors (Lipinski definition) is 4. The Morgan fingerprint density at radius 2 is 2.00 bits per heavy atom. The van der Waals surface area contributed by atoms with Gasteiger partial charge in [-0.3, -0.25) is 10.1 Å². The number of nitrogens with zero attached hydrogens (tertiary/aromatic N) is 2. The van der Waals surface area contributed by atoms with Crippen LogP contribution in [0.3, 0.4) is 0 Å². The number of nitrogens with one attached hydrogen (secondary N) is 1. The fraction of sp³-hybridized carbons (Fsp3) is 0.600. The van der Waals surface area contributed by atoms with Gasteiger partial charge in [-0.25, -0.2) is 0 Å². The number of benzene rings is 1. The van der Waals surface area contributed by atoms with Crippen molar-refractivity contribution in [3.8, 4) is 0 Å². The Labute approximate surface area is 120 Å². The Morgan fingerprint density at radius 3 is 2.50 bits per heavy atom. The van der Waals surface area contributed by atoms with Crippen molar-refractivity contribution in [3.63, 3.8) is 0 Å². The molecule has 20 heavy (non-hydrogen) atoms. The molecule has 1 aliphatic heterocycles. The van der Waals surface area contributed by atoms with Crippen molar-refractivity contribution in [1.82, 2.24) is 5.32 Å². The number of piperidine rings is 1. The molecule has 2 rings (SSSR count). The predicted molar refractivity (Wildman–Crippen MR) is 81.3 cm³/mol. The second-order valence-corrected chi connectivity index (χ2v) is 5.81. The summed E-state index contributed by atoms with van der Waals surface area (Å²) in [6.45, 7) is 8.30. The van der Waals surface area contributed by atoms with E-state index in [1.165, 1.54) is 0 Å². The van der Waals surface area contributed by atoms with Crippen molar-refractivity contribution < 1.29 is 4.92 Å². The van der Waals surface area contributed by atoms with Crippen LogP contribution in [-0.2, 0) is 0 Å². The van der Waals surface area contributed by atoms with Gasteiger partial charge in [0.25, 0.3) is 5.69 Å². The van der Waals surface area contributed by atoms with Gasteiger partial charge < -0.3 is 10.2 Å². The van der Waals surface area contributed by atoms with E-state index in [1.807, 2.05) is 13.0 Å². The molecule has 0 radical (unpaired) electrons. The Balaban J connectivity index is 2.02. The highest BCUT2D eigenvalue weighted by molar-refractivity contribution is 5.57. The molecule has 0 saturated carbocycles. The summed E-state index contributed by atoms with van der Waals surface area (Å²) >= 11 is 0. The Morgan fingerprint density at radius 1 is 1.35 bits per heavy atom. The minimum absolute atomic E-state index is 0.169. The zero-order valence-corrected chi connectivity index (χ0v) is 12.4. The SMILES string of the molecule is Cc1cc([N+](=O)[O-])ccc1N1CCC(NC(C)C)CC1. The number of nitro groups is 1. The second kappa shape index (κ2) is 6.22. The molecule has 0 bridgehead atoms. The number of hydrogen-bond donors (Lipinski definition) is 1.